The molecule has 0 amide bonds. The molecule has 0 radical (unpaired) electrons. The first kappa shape index (κ1) is 25.0. The van der Waals surface area contributed by atoms with Gasteiger partial charge < -0.3 is 4.74 Å². The van der Waals surface area contributed by atoms with Crippen molar-refractivity contribution >= 4 is 35.0 Å². The van der Waals surface area contributed by atoms with Gasteiger partial charge in [-0.1, -0.05) is 65.3 Å². The number of nitrogens with zero attached hydrogens (tertiary/aromatic N) is 4. The summed E-state index contributed by atoms with van der Waals surface area (Å²) < 4.78 is 7.76. The van der Waals surface area contributed by atoms with Gasteiger partial charge in [-0.15, -0.1) is 10.2 Å². The first-order chi connectivity index (χ1) is 16.8. The fourth-order valence-corrected chi connectivity index (χ4v) is 5.03. The summed E-state index contributed by atoms with van der Waals surface area (Å²) in [5.74, 6) is 1.35. The maximum absolute atomic E-state index is 11.5. The average Bonchev–Trinajstić information content (AvgIpc) is 3.19. The molecule has 0 fully saturated rings. The fraction of sp³-hybridized carbons (Fsp3) is 0.200. The number of rotatable bonds is 9. The van der Waals surface area contributed by atoms with E-state index in [2.05, 4.69) is 10.2 Å². The van der Waals surface area contributed by atoms with E-state index in [-0.39, 0.29) is 11.5 Å². The van der Waals surface area contributed by atoms with E-state index in [1.54, 1.807) is 24.3 Å². The molecule has 3 aromatic carbocycles. The van der Waals surface area contributed by atoms with Crippen LogP contribution < -0.4 is 4.74 Å². The molecule has 1 heterocycles. The molecule has 1 aromatic heterocycles. The molecule has 0 saturated heterocycles. The van der Waals surface area contributed by atoms with Gasteiger partial charge in [-0.3, -0.25) is 14.7 Å². The molecule has 0 aliphatic carbocycles. The largest absolute Gasteiger partial charge is 0.489 e. The number of hydrogen-bond donors (Lipinski definition) is 0. The minimum atomic E-state index is -0.457. The molecular weight excluding hydrogens is 507 g/mol. The van der Waals surface area contributed by atoms with E-state index in [9.17, 15) is 10.1 Å². The second kappa shape index (κ2) is 11.1. The zero-order valence-corrected chi connectivity index (χ0v) is 21.3. The number of hydrogen-bond acceptors (Lipinski definition) is 6. The molecule has 4 aromatic rings. The molecule has 1 atom stereocenters. The first-order valence-electron chi connectivity index (χ1n) is 10.7. The van der Waals surface area contributed by atoms with Crippen LogP contribution in [-0.2, 0) is 6.61 Å². The molecular formula is C25H22Cl2N4O3S. The van der Waals surface area contributed by atoms with Gasteiger partial charge in [0.1, 0.15) is 23.4 Å². The van der Waals surface area contributed by atoms with E-state index < -0.39 is 5.25 Å². The second-order valence-electron chi connectivity index (χ2n) is 7.93. The second-order valence-corrected chi connectivity index (χ2v) is 9.92. The van der Waals surface area contributed by atoms with Crippen molar-refractivity contribution in [2.75, 3.05) is 6.54 Å². The Hall–Kier alpha value is -3.07. The van der Waals surface area contributed by atoms with Crippen molar-refractivity contribution in [3.63, 3.8) is 0 Å². The Morgan fingerprint density at radius 3 is 2.49 bits per heavy atom. The van der Waals surface area contributed by atoms with Gasteiger partial charge in [0.15, 0.2) is 5.16 Å². The highest BCUT2D eigenvalue weighted by Gasteiger charge is 2.24. The van der Waals surface area contributed by atoms with E-state index in [1.165, 1.54) is 11.8 Å². The van der Waals surface area contributed by atoms with Crippen molar-refractivity contribution < 1.29 is 9.66 Å². The van der Waals surface area contributed by atoms with E-state index >= 15 is 0 Å². The van der Waals surface area contributed by atoms with Crippen LogP contribution in [-0.4, -0.2) is 26.2 Å². The summed E-state index contributed by atoms with van der Waals surface area (Å²) in [6, 6.07) is 20.6. The Kier molecular flexibility index (Phi) is 7.95. The van der Waals surface area contributed by atoms with Gasteiger partial charge in [-0.25, -0.2) is 0 Å². The third kappa shape index (κ3) is 6.33. The Labute approximate surface area is 217 Å². The minimum absolute atomic E-state index is 0.256. The predicted molar refractivity (Wildman–Crippen MR) is 139 cm³/mol. The number of aryl methyl sites for hydroxylation is 2. The molecule has 4 rings (SSSR count). The van der Waals surface area contributed by atoms with Crippen LogP contribution in [0.25, 0.3) is 5.69 Å². The predicted octanol–water partition coefficient (Wildman–Crippen LogP) is 6.88. The summed E-state index contributed by atoms with van der Waals surface area (Å²) in [6.07, 6.45) is 0. The normalized spacial score (nSPS) is 11.9. The molecule has 35 heavy (non-hydrogen) atoms. The number of benzene rings is 3. The van der Waals surface area contributed by atoms with E-state index in [0.717, 1.165) is 22.4 Å². The highest BCUT2D eigenvalue weighted by atomic mass is 35.5. The van der Waals surface area contributed by atoms with Crippen molar-refractivity contribution in [1.29, 1.82) is 0 Å². The number of aromatic nitrogens is 3. The molecule has 180 valence electrons. The van der Waals surface area contributed by atoms with E-state index in [1.807, 2.05) is 60.9 Å². The van der Waals surface area contributed by atoms with Gasteiger partial charge in [0.25, 0.3) is 0 Å². The van der Waals surface area contributed by atoms with Crippen LogP contribution >= 0.6 is 35.0 Å². The van der Waals surface area contributed by atoms with Crippen LogP contribution in [0.4, 0.5) is 0 Å². The van der Waals surface area contributed by atoms with Gasteiger partial charge in [0, 0.05) is 10.6 Å². The molecule has 0 saturated carbocycles. The topological polar surface area (TPSA) is 83.1 Å². The fourth-order valence-electron chi connectivity index (χ4n) is 3.53. The van der Waals surface area contributed by atoms with Crippen molar-refractivity contribution in [1.82, 2.24) is 14.8 Å². The quantitative estimate of drug-likeness (QED) is 0.134. The summed E-state index contributed by atoms with van der Waals surface area (Å²) in [7, 11) is 0. The minimum Gasteiger partial charge on any atom is -0.489 e. The molecule has 0 spiro atoms. The first-order valence-corrected chi connectivity index (χ1v) is 12.4. The Bertz CT molecular complexity index is 1350. The Morgan fingerprint density at radius 1 is 1.03 bits per heavy atom. The zero-order valence-electron chi connectivity index (χ0n) is 19.0. The van der Waals surface area contributed by atoms with Crippen LogP contribution in [0.1, 0.15) is 27.8 Å². The maximum Gasteiger partial charge on any atom is 0.220 e. The summed E-state index contributed by atoms with van der Waals surface area (Å²) in [4.78, 5) is 11.1. The monoisotopic (exact) mass is 528 g/mol. The maximum atomic E-state index is 11.5. The van der Waals surface area contributed by atoms with E-state index in [0.29, 0.717) is 33.4 Å². The lowest BCUT2D eigenvalue weighted by Gasteiger charge is -2.15. The molecule has 0 aliphatic rings. The molecule has 10 heteroatoms. The average molecular weight is 529 g/mol. The van der Waals surface area contributed by atoms with Gasteiger partial charge >= 0.3 is 0 Å². The van der Waals surface area contributed by atoms with Gasteiger partial charge in [-0.2, -0.15) is 0 Å². The lowest BCUT2D eigenvalue weighted by Crippen LogP contribution is -2.11. The number of nitro groups is 1. The van der Waals surface area contributed by atoms with Crippen LogP contribution in [0.3, 0.4) is 0 Å². The van der Waals surface area contributed by atoms with Crippen molar-refractivity contribution in [3.05, 3.63) is 109 Å². The van der Waals surface area contributed by atoms with Gasteiger partial charge in [0.05, 0.1) is 10.0 Å². The van der Waals surface area contributed by atoms with Crippen molar-refractivity contribution in [3.8, 4) is 11.4 Å². The summed E-state index contributed by atoms with van der Waals surface area (Å²) in [5, 5.41) is 21.1. The van der Waals surface area contributed by atoms with Crippen molar-refractivity contribution in [2.45, 2.75) is 30.9 Å². The standard InChI is InChI=1S/C25H22Cl2N4O3S/c1-16-4-3-5-20(12-16)31-17(2)28-29-25(31)35-24(14-30(32)33)19-7-9-21(10-8-19)34-15-18-6-11-22(26)23(27)13-18/h3-13,24H,14-15H2,1-2H3/t24-/m0/s1. The summed E-state index contributed by atoms with van der Waals surface area (Å²) in [6.45, 7) is 3.94. The van der Waals surface area contributed by atoms with Crippen LogP contribution in [0.2, 0.25) is 10.0 Å². The Morgan fingerprint density at radius 2 is 1.80 bits per heavy atom. The Balaban J connectivity index is 1.52. The van der Waals surface area contributed by atoms with Crippen LogP contribution in [0.15, 0.2) is 71.9 Å². The number of thioether (sulfide) groups is 1. The molecule has 0 N–H and O–H groups in total. The molecule has 0 aliphatic heterocycles. The molecule has 0 bridgehead atoms. The summed E-state index contributed by atoms with van der Waals surface area (Å²) in [5.41, 5.74) is 3.70. The third-order valence-electron chi connectivity index (χ3n) is 5.26. The third-order valence-corrected chi connectivity index (χ3v) is 7.18. The summed E-state index contributed by atoms with van der Waals surface area (Å²) >= 11 is 13.3. The number of halogens is 2. The SMILES string of the molecule is Cc1cccc(-n2c(C)nnc2S[C@@H](C[N+](=O)[O-])c2ccc(OCc3ccc(Cl)c(Cl)c3)cc2)c1. The molecule has 0 unspecified atom stereocenters. The smallest absolute Gasteiger partial charge is 0.220 e. The van der Waals surface area contributed by atoms with Crippen molar-refractivity contribution in [2.24, 2.45) is 0 Å². The van der Waals surface area contributed by atoms with E-state index in [4.69, 9.17) is 27.9 Å². The number of ether oxygens (including phenoxy) is 1. The van der Waals surface area contributed by atoms with Crippen LogP contribution in [0, 0.1) is 24.0 Å². The lowest BCUT2D eigenvalue weighted by molar-refractivity contribution is -0.479. The highest BCUT2D eigenvalue weighted by Crippen LogP contribution is 2.36. The van der Waals surface area contributed by atoms with Gasteiger partial charge in [0.2, 0.25) is 6.54 Å². The zero-order chi connectivity index (χ0) is 24.9. The van der Waals surface area contributed by atoms with Crippen LogP contribution in [0.5, 0.6) is 5.75 Å². The lowest BCUT2D eigenvalue weighted by atomic mass is 10.1. The molecule has 7 nitrogen and oxygen atoms in total. The highest BCUT2D eigenvalue weighted by molar-refractivity contribution is 7.99. The van der Waals surface area contributed by atoms with Gasteiger partial charge in [-0.05, 0) is 66.9 Å².